The second-order valence-corrected chi connectivity index (χ2v) is 7.04. The van der Waals surface area contributed by atoms with E-state index in [1.54, 1.807) is 17.5 Å². The molecule has 0 bridgehead atoms. The number of carbonyl (C=O) groups is 2. The molecule has 3 rings (SSSR count). The monoisotopic (exact) mass is 444 g/mol. The van der Waals surface area contributed by atoms with Crippen molar-refractivity contribution >= 4 is 34.0 Å². The number of carbonyl (C=O) groups excluding carboxylic acids is 2. The van der Waals surface area contributed by atoms with Crippen LogP contribution in [0.2, 0.25) is 0 Å². The zero-order chi connectivity index (χ0) is 22.4. The van der Waals surface area contributed by atoms with Crippen LogP contribution in [-0.4, -0.2) is 43.1 Å². The molecule has 1 aromatic carbocycles. The fraction of sp³-hybridized carbons (Fsp3) is 0.200. The summed E-state index contributed by atoms with van der Waals surface area (Å²) in [6.45, 7) is 0. The van der Waals surface area contributed by atoms with Crippen LogP contribution in [0.1, 0.15) is 16.1 Å². The van der Waals surface area contributed by atoms with E-state index in [0.29, 0.717) is 33.8 Å². The molecule has 0 unspecified atom stereocenters. The maximum Gasteiger partial charge on any atom is 0.258 e. The molecule has 2 heterocycles. The predicted octanol–water partition coefficient (Wildman–Crippen LogP) is 2.29. The van der Waals surface area contributed by atoms with Crippen molar-refractivity contribution in [2.75, 3.05) is 32.0 Å². The minimum atomic E-state index is -0.418. The third-order valence-electron chi connectivity index (χ3n) is 4.11. The normalized spacial score (nSPS) is 10.3. The van der Waals surface area contributed by atoms with E-state index in [0.717, 1.165) is 0 Å². The average molecular weight is 444 g/mol. The molecule has 0 aliphatic heterocycles. The number of aromatic amines is 1. The highest BCUT2D eigenvalue weighted by molar-refractivity contribution is 7.14. The highest BCUT2D eigenvalue weighted by atomic mass is 32.1. The van der Waals surface area contributed by atoms with Crippen molar-refractivity contribution in [2.45, 2.75) is 6.42 Å². The Bertz CT molecular complexity index is 1110. The highest BCUT2D eigenvalue weighted by Crippen LogP contribution is 2.39. The Hall–Kier alpha value is -3.86. The van der Waals surface area contributed by atoms with E-state index in [9.17, 15) is 14.4 Å². The second-order valence-electron chi connectivity index (χ2n) is 6.18. The summed E-state index contributed by atoms with van der Waals surface area (Å²) in [7, 11) is 4.47. The zero-order valence-corrected chi connectivity index (χ0v) is 17.8. The lowest BCUT2D eigenvalue weighted by Crippen LogP contribution is -2.16. The van der Waals surface area contributed by atoms with Crippen molar-refractivity contribution in [3.8, 4) is 17.2 Å². The van der Waals surface area contributed by atoms with Crippen LogP contribution in [0, 0.1) is 0 Å². The Kier molecular flexibility index (Phi) is 6.88. The maximum absolute atomic E-state index is 12.4. The van der Waals surface area contributed by atoms with E-state index >= 15 is 0 Å². The topological polar surface area (TPSA) is 132 Å². The molecule has 10 nitrogen and oxygen atoms in total. The summed E-state index contributed by atoms with van der Waals surface area (Å²) in [5, 5.41) is 7.41. The quantitative estimate of drug-likeness (QED) is 0.486. The summed E-state index contributed by atoms with van der Waals surface area (Å²) < 4.78 is 15.8. The molecular formula is C20H20N4O6S. The van der Waals surface area contributed by atoms with E-state index in [1.807, 2.05) is 0 Å². The van der Waals surface area contributed by atoms with Crippen LogP contribution in [0.4, 0.5) is 10.8 Å². The van der Waals surface area contributed by atoms with Gasteiger partial charge in [-0.25, -0.2) is 4.98 Å². The van der Waals surface area contributed by atoms with Gasteiger partial charge < -0.3 is 24.5 Å². The molecule has 162 valence electrons. The molecule has 0 aliphatic carbocycles. The molecule has 3 aromatic rings. The number of pyridine rings is 1. The van der Waals surface area contributed by atoms with Crippen molar-refractivity contribution in [1.29, 1.82) is 0 Å². The van der Waals surface area contributed by atoms with Gasteiger partial charge in [-0.2, -0.15) is 0 Å². The lowest BCUT2D eigenvalue weighted by molar-refractivity contribution is -0.115. The minimum Gasteiger partial charge on any atom is -0.493 e. The first kappa shape index (κ1) is 21.8. The predicted molar refractivity (Wildman–Crippen MR) is 116 cm³/mol. The first-order valence-corrected chi connectivity index (χ1v) is 9.85. The lowest BCUT2D eigenvalue weighted by Gasteiger charge is -2.14. The molecule has 0 atom stereocenters. The Morgan fingerprint density at radius 3 is 2.35 bits per heavy atom. The standard InChI is InChI=1S/C20H20N4O6S/c1-28-14-6-12(7-15(29-2)18(14)30-3)22-17(26)8-13-10-31-20(23-13)24-19(27)11-4-5-16(25)21-9-11/h4-7,9-10H,8H2,1-3H3,(H,21,25)(H,22,26)(H,23,24,27). The third kappa shape index (κ3) is 5.39. The molecule has 0 radical (unpaired) electrons. The van der Waals surface area contributed by atoms with Crippen LogP contribution in [-0.2, 0) is 11.2 Å². The number of nitrogens with one attached hydrogen (secondary N) is 3. The first-order chi connectivity index (χ1) is 14.9. The van der Waals surface area contributed by atoms with Crippen LogP contribution in [0.5, 0.6) is 17.2 Å². The van der Waals surface area contributed by atoms with E-state index in [1.165, 1.54) is 51.0 Å². The summed E-state index contributed by atoms with van der Waals surface area (Å²) >= 11 is 1.19. The number of nitrogens with zero attached hydrogens (tertiary/aromatic N) is 1. The van der Waals surface area contributed by atoms with Gasteiger partial charge in [-0.05, 0) is 6.07 Å². The SMILES string of the molecule is COc1cc(NC(=O)Cc2csc(NC(=O)c3ccc(=O)[nH]c3)n2)cc(OC)c1OC. The Labute approximate surface area is 181 Å². The number of ether oxygens (including phenoxy) is 3. The lowest BCUT2D eigenvalue weighted by atomic mass is 10.2. The fourth-order valence-electron chi connectivity index (χ4n) is 2.69. The van der Waals surface area contributed by atoms with E-state index in [-0.39, 0.29) is 23.5 Å². The third-order valence-corrected chi connectivity index (χ3v) is 4.92. The number of thiazole rings is 1. The number of methoxy groups -OCH3 is 3. The number of hydrogen-bond donors (Lipinski definition) is 3. The highest BCUT2D eigenvalue weighted by Gasteiger charge is 2.16. The summed E-state index contributed by atoms with van der Waals surface area (Å²) in [6.07, 6.45) is 1.32. The smallest absolute Gasteiger partial charge is 0.258 e. The summed E-state index contributed by atoms with van der Waals surface area (Å²) in [6, 6.07) is 5.91. The maximum atomic E-state index is 12.4. The van der Waals surface area contributed by atoms with Gasteiger partial charge in [-0.1, -0.05) is 0 Å². The van der Waals surface area contributed by atoms with Gasteiger partial charge in [0.1, 0.15) is 0 Å². The Balaban J connectivity index is 1.64. The van der Waals surface area contributed by atoms with E-state index in [2.05, 4.69) is 20.6 Å². The number of amides is 2. The van der Waals surface area contributed by atoms with Crippen LogP contribution < -0.4 is 30.4 Å². The first-order valence-electron chi connectivity index (χ1n) is 8.98. The molecule has 3 N–H and O–H groups in total. The van der Waals surface area contributed by atoms with Crippen molar-refractivity contribution in [3.63, 3.8) is 0 Å². The van der Waals surface area contributed by atoms with Gasteiger partial charge in [-0.3, -0.25) is 19.7 Å². The molecule has 0 spiro atoms. The number of hydrogen-bond acceptors (Lipinski definition) is 8. The van der Waals surface area contributed by atoms with Gasteiger partial charge >= 0.3 is 0 Å². The van der Waals surface area contributed by atoms with Gasteiger partial charge in [0.2, 0.25) is 17.2 Å². The minimum absolute atomic E-state index is 0.00167. The number of H-pyrrole nitrogens is 1. The molecule has 31 heavy (non-hydrogen) atoms. The average Bonchev–Trinajstić information content (AvgIpc) is 3.19. The molecule has 0 fully saturated rings. The molecule has 0 aliphatic rings. The van der Waals surface area contributed by atoms with Gasteiger partial charge in [0.25, 0.3) is 5.91 Å². The fourth-order valence-corrected chi connectivity index (χ4v) is 3.39. The Morgan fingerprint density at radius 2 is 1.77 bits per heavy atom. The summed E-state index contributed by atoms with van der Waals surface area (Å²) in [4.78, 5) is 42.4. The molecule has 2 aromatic heterocycles. The molecular weight excluding hydrogens is 424 g/mol. The molecule has 0 saturated carbocycles. The number of rotatable bonds is 8. The van der Waals surface area contributed by atoms with E-state index in [4.69, 9.17) is 14.2 Å². The van der Waals surface area contributed by atoms with Crippen molar-refractivity contribution in [1.82, 2.24) is 9.97 Å². The van der Waals surface area contributed by atoms with Gasteiger partial charge in [0.05, 0.1) is 39.0 Å². The van der Waals surface area contributed by atoms with Crippen molar-refractivity contribution < 1.29 is 23.8 Å². The summed E-state index contributed by atoms with van der Waals surface area (Å²) in [5.41, 5.74) is 0.954. The van der Waals surface area contributed by atoms with Crippen molar-refractivity contribution in [2.24, 2.45) is 0 Å². The number of anilines is 2. The van der Waals surface area contributed by atoms with Gasteiger partial charge in [0.15, 0.2) is 16.6 Å². The molecule has 0 saturated heterocycles. The Morgan fingerprint density at radius 1 is 1.06 bits per heavy atom. The van der Waals surface area contributed by atoms with Crippen LogP contribution in [0.15, 0.2) is 40.6 Å². The van der Waals surface area contributed by atoms with Gasteiger partial charge in [0, 0.05) is 35.5 Å². The van der Waals surface area contributed by atoms with Gasteiger partial charge in [-0.15, -0.1) is 11.3 Å². The van der Waals surface area contributed by atoms with E-state index < -0.39 is 5.91 Å². The summed E-state index contributed by atoms with van der Waals surface area (Å²) in [5.74, 6) is 0.526. The molecule has 2 amide bonds. The number of aromatic nitrogens is 2. The number of benzene rings is 1. The van der Waals surface area contributed by atoms with Crippen LogP contribution >= 0.6 is 11.3 Å². The zero-order valence-electron chi connectivity index (χ0n) is 17.0. The molecule has 11 heteroatoms. The van der Waals surface area contributed by atoms with Crippen molar-refractivity contribution in [3.05, 3.63) is 57.5 Å². The van der Waals surface area contributed by atoms with Crippen LogP contribution in [0.25, 0.3) is 0 Å². The second kappa shape index (κ2) is 9.76. The largest absolute Gasteiger partial charge is 0.493 e. The van der Waals surface area contributed by atoms with Crippen LogP contribution in [0.3, 0.4) is 0 Å².